The Morgan fingerprint density at radius 1 is 1.12 bits per heavy atom. The normalized spacial score (nSPS) is 28.3. The van der Waals surface area contributed by atoms with E-state index in [1.807, 2.05) is 0 Å². The smallest absolute Gasteiger partial charge is 0.338 e. The van der Waals surface area contributed by atoms with Gasteiger partial charge in [-0.3, -0.25) is 4.79 Å². The molecule has 2 N–H and O–H groups in total. The summed E-state index contributed by atoms with van der Waals surface area (Å²) in [5, 5.41) is 12.5. The van der Waals surface area contributed by atoms with Crippen LogP contribution in [-0.4, -0.2) is 68.8 Å². The number of benzene rings is 1. The topological polar surface area (TPSA) is 103 Å². The van der Waals surface area contributed by atoms with E-state index in [0.29, 0.717) is 5.75 Å². The zero-order valence-electron chi connectivity index (χ0n) is 13.4. The number of rotatable bonds is 4. The van der Waals surface area contributed by atoms with Crippen LogP contribution in [0.25, 0.3) is 0 Å². The van der Waals surface area contributed by atoms with E-state index < -0.39 is 24.1 Å². The van der Waals surface area contributed by atoms with Crippen LogP contribution in [-0.2, 0) is 14.2 Å². The van der Waals surface area contributed by atoms with Crippen molar-refractivity contribution in [3.63, 3.8) is 0 Å². The molecule has 2 saturated heterocycles. The minimum absolute atomic E-state index is 0.188. The lowest BCUT2D eigenvalue weighted by Crippen LogP contribution is -2.44. The first-order chi connectivity index (χ1) is 11.5. The first kappa shape index (κ1) is 16.7. The number of esters is 1. The Morgan fingerprint density at radius 2 is 1.83 bits per heavy atom. The average molecular weight is 337 g/mol. The third-order valence-electron chi connectivity index (χ3n) is 4.17. The van der Waals surface area contributed by atoms with Crippen LogP contribution in [0.3, 0.4) is 0 Å². The molecular formula is C16H19NO7. The van der Waals surface area contributed by atoms with Crippen molar-refractivity contribution >= 4 is 11.9 Å². The second kappa shape index (κ2) is 6.76. The number of hydrogen-bond acceptors (Lipinski definition) is 7. The van der Waals surface area contributed by atoms with E-state index in [9.17, 15) is 14.7 Å². The number of aliphatic hydroxyl groups excluding tert-OH is 1. The number of methoxy groups -OCH3 is 2. The number of fused-ring (bicyclic) bond motifs is 1. The van der Waals surface area contributed by atoms with E-state index in [1.165, 1.54) is 32.4 Å². The highest BCUT2D eigenvalue weighted by molar-refractivity contribution is 5.98. The number of hydrogen-bond donors (Lipinski definition) is 2. The van der Waals surface area contributed by atoms with Gasteiger partial charge >= 0.3 is 5.97 Å². The molecule has 2 aliphatic rings. The van der Waals surface area contributed by atoms with Crippen LogP contribution in [0.4, 0.5) is 0 Å². The molecule has 8 heteroatoms. The van der Waals surface area contributed by atoms with Crippen molar-refractivity contribution in [3.8, 4) is 5.75 Å². The molecule has 130 valence electrons. The molecule has 2 fully saturated rings. The van der Waals surface area contributed by atoms with Crippen molar-refractivity contribution in [2.24, 2.45) is 0 Å². The Bertz CT molecular complexity index is 647. The fourth-order valence-electron chi connectivity index (χ4n) is 2.94. The van der Waals surface area contributed by atoms with Gasteiger partial charge in [-0.1, -0.05) is 0 Å². The molecule has 0 aromatic heterocycles. The lowest BCUT2D eigenvalue weighted by atomic mass is 10.1. The zero-order valence-corrected chi connectivity index (χ0v) is 13.4. The molecule has 0 saturated carbocycles. The van der Waals surface area contributed by atoms with Gasteiger partial charge in [0.2, 0.25) is 0 Å². The highest BCUT2D eigenvalue weighted by Crippen LogP contribution is 2.27. The number of nitrogens with one attached hydrogen (secondary N) is 1. The highest BCUT2D eigenvalue weighted by atomic mass is 16.6. The summed E-state index contributed by atoms with van der Waals surface area (Å²) in [7, 11) is 2.71. The van der Waals surface area contributed by atoms with Crippen LogP contribution in [0.5, 0.6) is 5.75 Å². The van der Waals surface area contributed by atoms with Crippen LogP contribution < -0.4 is 10.1 Å². The molecule has 0 bridgehead atoms. The van der Waals surface area contributed by atoms with Crippen molar-refractivity contribution < 1.29 is 33.6 Å². The molecule has 0 aliphatic carbocycles. The third kappa shape index (κ3) is 3.08. The van der Waals surface area contributed by atoms with E-state index in [-0.39, 0.29) is 36.5 Å². The number of aliphatic hydroxyl groups is 1. The van der Waals surface area contributed by atoms with Gasteiger partial charge in [0.25, 0.3) is 5.91 Å². The van der Waals surface area contributed by atoms with Crippen molar-refractivity contribution in [1.82, 2.24) is 5.32 Å². The summed E-state index contributed by atoms with van der Waals surface area (Å²) in [6.45, 7) is 0.444. The lowest BCUT2D eigenvalue weighted by molar-refractivity contribution is 0.0178. The number of carbonyl (C=O) groups excluding carboxylic acids is 2. The lowest BCUT2D eigenvalue weighted by Gasteiger charge is -2.18. The summed E-state index contributed by atoms with van der Waals surface area (Å²) >= 11 is 0. The molecule has 24 heavy (non-hydrogen) atoms. The van der Waals surface area contributed by atoms with Gasteiger partial charge in [-0.05, 0) is 18.2 Å². The van der Waals surface area contributed by atoms with Crippen LogP contribution in [0.1, 0.15) is 20.7 Å². The van der Waals surface area contributed by atoms with E-state index in [0.717, 1.165) is 0 Å². The SMILES string of the molecule is COC(=O)c1cc(OC)cc(C(=O)N[C@H]2CO[C@H]3[C@@H]2OC[C@H]3O)c1. The van der Waals surface area contributed by atoms with Gasteiger partial charge in [-0.15, -0.1) is 0 Å². The van der Waals surface area contributed by atoms with Crippen molar-refractivity contribution in [2.75, 3.05) is 27.4 Å². The molecule has 4 atom stereocenters. The molecule has 8 nitrogen and oxygen atoms in total. The quantitative estimate of drug-likeness (QED) is 0.730. The Balaban J connectivity index is 1.76. The maximum atomic E-state index is 12.5. The minimum Gasteiger partial charge on any atom is -0.497 e. The summed E-state index contributed by atoms with van der Waals surface area (Å²) in [6.07, 6.45) is -1.49. The monoisotopic (exact) mass is 337 g/mol. The molecule has 1 aromatic rings. The maximum absolute atomic E-state index is 12.5. The third-order valence-corrected chi connectivity index (χ3v) is 4.17. The summed E-state index contributed by atoms with van der Waals surface area (Å²) in [4.78, 5) is 24.2. The molecule has 0 spiro atoms. The Kier molecular flexibility index (Phi) is 4.70. The number of carbonyl (C=O) groups is 2. The van der Waals surface area contributed by atoms with Gasteiger partial charge in [-0.25, -0.2) is 4.79 Å². The molecule has 0 radical (unpaired) electrons. The standard InChI is InChI=1S/C16H19NO7/c1-21-10-4-8(3-9(5-10)16(20)22-2)15(19)17-11-6-23-14-12(18)7-24-13(11)14/h3-5,11-14,18H,6-7H2,1-2H3,(H,17,19)/t11-,12+,13+,14+/m0/s1. The van der Waals surface area contributed by atoms with Gasteiger partial charge in [0.15, 0.2) is 0 Å². The number of ether oxygens (including phenoxy) is 4. The summed E-state index contributed by atoms with van der Waals surface area (Å²) in [6, 6.07) is 4.08. The molecule has 0 unspecified atom stereocenters. The van der Waals surface area contributed by atoms with Crippen LogP contribution in [0.15, 0.2) is 18.2 Å². The van der Waals surface area contributed by atoms with Gasteiger partial charge < -0.3 is 29.4 Å². The van der Waals surface area contributed by atoms with E-state index in [4.69, 9.17) is 14.2 Å². The predicted molar refractivity (Wildman–Crippen MR) is 81.1 cm³/mol. The van der Waals surface area contributed by atoms with Gasteiger partial charge in [0.1, 0.15) is 24.1 Å². The van der Waals surface area contributed by atoms with E-state index in [1.54, 1.807) is 0 Å². The second-order valence-electron chi connectivity index (χ2n) is 5.68. The number of amides is 1. The molecule has 1 amide bonds. The predicted octanol–water partition coefficient (Wildman–Crippen LogP) is -0.261. The fourth-order valence-corrected chi connectivity index (χ4v) is 2.94. The zero-order chi connectivity index (χ0) is 17.3. The van der Waals surface area contributed by atoms with Crippen molar-refractivity contribution in [2.45, 2.75) is 24.4 Å². The largest absolute Gasteiger partial charge is 0.497 e. The van der Waals surface area contributed by atoms with Gasteiger partial charge in [-0.2, -0.15) is 0 Å². The summed E-state index contributed by atoms with van der Waals surface area (Å²) in [5.41, 5.74) is 0.479. The van der Waals surface area contributed by atoms with Crippen molar-refractivity contribution in [1.29, 1.82) is 0 Å². The highest BCUT2D eigenvalue weighted by Gasteiger charge is 2.47. The Morgan fingerprint density at radius 3 is 2.54 bits per heavy atom. The van der Waals surface area contributed by atoms with Crippen molar-refractivity contribution in [3.05, 3.63) is 29.3 Å². The average Bonchev–Trinajstić information content (AvgIpc) is 3.17. The molecule has 1 aromatic carbocycles. The van der Waals surface area contributed by atoms with Crippen LogP contribution in [0.2, 0.25) is 0 Å². The second-order valence-corrected chi connectivity index (χ2v) is 5.68. The first-order valence-electron chi connectivity index (χ1n) is 7.53. The fraction of sp³-hybridized carbons (Fsp3) is 0.500. The molecule has 2 heterocycles. The van der Waals surface area contributed by atoms with Gasteiger partial charge in [0, 0.05) is 5.56 Å². The minimum atomic E-state index is -0.681. The maximum Gasteiger partial charge on any atom is 0.338 e. The molecule has 3 rings (SSSR count). The summed E-state index contributed by atoms with van der Waals surface area (Å²) in [5.74, 6) is -0.580. The Hall–Kier alpha value is -2.16. The van der Waals surface area contributed by atoms with E-state index in [2.05, 4.69) is 10.1 Å². The Labute approximate surface area is 138 Å². The molecular weight excluding hydrogens is 318 g/mol. The first-order valence-corrected chi connectivity index (χ1v) is 7.53. The van der Waals surface area contributed by atoms with Crippen LogP contribution >= 0.6 is 0 Å². The van der Waals surface area contributed by atoms with E-state index >= 15 is 0 Å². The van der Waals surface area contributed by atoms with Gasteiger partial charge in [0.05, 0.1) is 39.0 Å². The molecule has 2 aliphatic heterocycles. The summed E-state index contributed by atoms with van der Waals surface area (Å²) < 4.78 is 20.8. The van der Waals surface area contributed by atoms with Crippen LogP contribution in [0, 0.1) is 0 Å².